The Morgan fingerprint density at radius 1 is 1.16 bits per heavy atom. The molecule has 1 aromatic heterocycles. The fourth-order valence-corrected chi connectivity index (χ4v) is 4.89. The number of rotatable bonds is 5. The minimum Gasteiger partial charge on any atom is -0.379 e. The van der Waals surface area contributed by atoms with Gasteiger partial charge in [-0.25, -0.2) is 4.98 Å². The number of aliphatic imine (C=N–C) groups is 1. The second-order valence-corrected chi connectivity index (χ2v) is 8.95. The van der Waals surface area contributed by atoms with Gasteiger partial charge in [-0.1, -0.05) is 36.4 Å². The number of morpholine rings is 1. The first-order chi connectivity index (χ1) is 15.2. The molecule has 3 aromatic rings. The number of aromatic nitrogens is 1. The highest BCUT2D eigenvalue weighted by Crippen LogP contribution is 2.34. The standard InChI is InChI=1S/C24H24N4O2S/c1-16-5-2-3-7-19(16)21-13-17-6-4-8-20(22(17)26-21)23(29)27-24-25-14-18(31-24)15-28-9-11-30-12-10-28/h2-8,14H,9-13,15H2,1H3,(H,25,27,29). The Bertz CT molecular complexity index is 1150. The Hall–Kier alpha value is -2.87. The number of aryl methyl sites for hydroxylation is 1. The number of carbonyl (C=O) groups excluding carboxylic acids is 1. The first-order valence-corrected chi connectivity index (χ1v) is 11.3. The summed E-state index contributed by atoms with van der Waals surface area (Å²) in [5, 5.41) is 3.59. The Labute approximate surface area is 185 Å². The molecule has 2 aromatic carbocycles. The number of ether oxygens (including phenoxy) is 1. The van der Waals surface area contributed by atoms with Crippen LogP contribution in [0, 0.1) is 6.92 Å². The summed E-state index contributed by atoms with van der Waals surface area (Å²) in [5.74, 6) is -0.168. The van der Waals surface area contributed by atoms with Gasteiger partial charge in [0.1, 0.15) is 0 Å². The zero-order valence-electron chi connectivity index (χ0n) is 17.4. The number of nitrogens with one attached hydrogen (secondary N) is 1. The number of hydrogen-bond acceptors (Lipinski definition) is 6. The number of hydrogen-bond donors (Lipinski definition) is 1. The highest BCUT2D eigenvalue weighted by Gasteiger charge is 2.23. The molecule has 7 heteroatoms. The van der Waals surface area contributed by atoms with Gasteiger partial charge in [0.15, 0.2) is 5.13 Å². The Morgan fingerprint density at radius 3 is 2.84 bits per heavy atom. The summed E-state index contributed by atoms with van der Waals surface area (Å²) in [4.78, 5) is 25.8. The fourth-order valence-electron chi connectivity index (χ4n) is 4.04. The van der Waals surface area contributed by atoms with Gasteiger partial charge in [-0.15, -0.1) is 11.3 Å². The SMILES string of the molecule is Cc1ccccc1C1=Nc2c(cccc2C(=O)Nc2ncc(CN3CCOCC3)s2)C1. The lowest BCUT2D eigenvalue weighted by molar-refractivity contribution is 0.0346. The molecule has 1 saturated heterocycles. The number of benzene rings is 2. The van der Waals surface area contributed by atoms with Crippen LogP contribution in [0.25, 0.3) is 0 Å². The van der Waals surface area contributed by atoms with Crippen molar-refractivity contribution in [1.82, 2.24) is 9.88 Å². The van der Waals surface area contributed by atoms with Crippen molar-refractivity contribution >= 4 is 33.8 Å². The molecule has 31 heavy (non-hydrogen) atoms. The van der Waals surface area contributed by atoms with E-state index in [0.717, 1.165) is 66.7 Å². The maximum absolute atomic E-state index is 13.0. The Kier molecular flexibility index (Phi) is 5.63. The van der Waals surface area contributed by atoms with Crippen LogP contribution in [0.3, 0.4) is 0 Å². The van der Waals surface area contributed by atoms with Crippen molar-refractivity contribution in [3.05, 3.63) is 75.8 Å². The summed E-state index contributed by atoms with van der Waals surface area (Å²) in [7, 11) is 0. The van der Waals surface area contributed by atoms with Crippen molar-refractivity contribution in [2.24, 2.45) is 4.99 Å². The second-order valence-electron chi connectivity index (χ2n) is 7.84. The highest BCUT2D eigenvalue weighted by atomic mass is 32.1. The maximum atomic E-state index is 13.0. The zero-order valence-corrected chi connectivity index (χ0v) is 18.2. The van der Waals surface area contributed by atoms with Crippen LogP contribution in [0.4, 0.5) is 10.8 Å². The van der Waals surface area contributed by atoms with E-state index in [1.165, 1.54) is 16.9 Å². The quantitative estimate of drug-likeness (QED) is 0.656. The maximum Gasteiger partial charge on any atom is 0.259 e. The van der Waals surface area contributed by atoms with Crippen molar-refractivity contribution in [3.63, 3.8) is 0 Å². The first-order valence-electron chi connectivity index (χ1n) is 10.5. The van der Waals surface area contributed by atoms with Gasteiger partial charge in [0.05, 0.1) is 30.2 Å². The lowest BCUT2D eigenvalue weighted by Gasteiger charge is -2.25. The van der Waals surface area contributed by atoms with Crippen LogP contribution in [0.5, 0.6) is 0 Å². The molecular formula is C24H24N4O2S. The summed E-state index contributed by atoms with van der Waals surface area (Å²) in [6, 6.07) is 14.0. The summed E-state index contributed by atoms with van der Waals surface area (Å²) in [5.41, 5.74) is 5.77. The number of nitrogens with zero attached hydrogens (tertiary/aromatic N) is 3. The Morgan fingerprint density at radius 2 is 2.00 bits per heavy atom. The molecule has 3 heterocycles. The van der Waals surface area contributed by atoms with Gasteiger partial charge < -0.3 is 4.74 Å². The van der Waals surface area contributed by atoms with Crippen LogP contribution in [0.15, 0.2) is 53.7 Å². The van der Waals surface area contributed by atoms with Crippen LogP contribution in [-0.2, 0) is 17.7 Å². The number of thiazole rings is 1. The van der Waals surface area contributed by atoms with E-state index in [0.29, 0.717) is 10.7 Å². The molecule has 2 aliphatic heterocycles. The molecule has 1 fully saturated rings. The predicted octanol–water partition coefficient (Wildman–Crippen LogP) is 4.21. The highest BCUT2D eigenvalue weighted by molar-refractivity contribution is 7.15. The molecule has 0 spiro atoms. The van der Waals surface area contributed by atoms with E-state index >= 15 is 0 Å². The van der Waals surface area contributed by atoms with Crippen molar-refractivity contribution < 1.29 is 9.53 Å². The van der Waals surface area contributed by atoms with Crippen LogP contribution in [0.1, 0.15) is 31.9 Å². The molecule has 2 aliphatic rings. The minimum atomic E-state index is -0.168. The molecule has 0 aliphatic carbocycles. The molecule has 0 radical (unpaired) electrons. The smallest absolute Gasteiger partial charge is 0.259 e. The lowest BCUT2D eigenvalue weighted by Crippen LogP contribution is -2.35. The summed E-state index contributed by atoms with van der Waals surface area (Å²) >= 11 is 1.52. The van der Waals surface area contributed by atoms with Crippen LogP contribution in [-0.4, -0.2) is 47.8 Å². The first kappa shape index (κ1) is 20.1. The number of carbonyl (C=O) groups is 1. The molecule has 6 nitrogen and oxygen atoms in total. The molecule has 0 atom stereocenters. The third kappa shape index (κ3) is 4.30. The van der Waals surface area contributed by atoms with E-state index < -0.39 is 0 Å². The van der Waals surface area contributed by atoms with E-state index in [1.807, 2.05) is 36.5 Å². The lowest BCUT2D eigenvalue weighted by atomic mass is 9.99. The van der Waals surface area contributed by atoms with Crippen molar-refractivity contribution in [2.45, 2.75) is 19.9 Å². The van der Waals surface area contributed by atoms with Crippen LogP contribution in [0.2, 0.25) is 0 Å². The number of fused-ring (bicyclic) bond motifs is 1. The van der Waals surface area contributed by atoms with Gasteiger partial charge in [0.2, 0.25) is 0 Å². The van der Waals surface area contributed by atoms with E-state index in [-0.39, 0.29) is 5.91 Å². The van der Waals surface area contributed by atoms with E-state index in [4.69, 9.17) is 9.73 Å². The van der Waals surface area contributed by atoms with Crippen molar-refractivity contribution in [3.8, 4) is 0 Å². The van der Waals surface area contributed by atoms with E-state index in [9.17, 15) is 4.79 Å². The number of para-hydroxylation sites is 1. The monoisotopic (exact) mass is 432 g/mol. The predicted molar refractivity (Wildman–Crippen MR) is 124 cm³/mol. The average molecular weight is 433 g/mol. The number of amides is 1. The third-order valence-electron chi connectivity index (χ3n) is 5.68. The fraction of sp³-hybridized carbons (Fsp3) is 0.292. The van der Waals surface area contributed by atoms with Gasteiger partial charge in [-0.3, -0.25) is 20.0 Å². The van der Waals surface area contributed by atoms with E-state index in [2.05, 4.69) is 34.3 Å². The Balaban J connectivity index is 1.33. The van der Waals surface area contributed by atoms with Gasteiger partial charge >= 0.3 is 0 Å². The van der Waals surface area contributed by atoms with Gasteiger partial charge in [0.25, 0.3) is 5.91 Å². The van der Waals surface area contributed by atoms with Crippen molar-refractivity contribution in [2.75, 3.05) is 31.6 Å². The number of anilines is 1. The molecular weight excluding hydrogens is 408 g/mol. The molecule has 158 valence electrons. The third-order valence-corrected chi connectivity index (χ3v) is 6.58. The largest absolute Gasteiger partial charge is 0.379 e. The summed E-state index contributed by atoms with van der Waals surface area (Å²) in [6.45, 7) is 6.32. The molecule has 0 bridgehead atoms. The average Bonchev–Trinajstić information content (AvgIpc) is 3.41. The molecule has 0 saturated carbocycles. The van der Waals surface area contributed by atoms with Gasteiger partial charge in [-0.05, 0) is 29.7 Å². The summed E-state index contributed by atoms with van der Waals surface area (Å²) in [6.07, 6.45) is 2.59. The topological polar surface area (TPSA) is 66.8 Å². The normalized spacial score (nSPS) is 16.1. The van der Waals surface area contributed by atoms with Gasteiger partial charge in [0, 0.05) is 37.1 Å². The van der Waals surface area contributed by atoms with Crippen LogP contribution >= 0.6 is 11.3 Å². The molecule has 1 N–H and O–H groups in total. The van der Waals surface area contributed by atoms with Gasteiger partial charge in [-0.2, -0.15) is 0 Å². The summed E-state index contributed by atoms with van der Waals surface area (Å²) < 4.78 is 5.40. The molecule has 1 amide bonds. The second kappa shape index (κ2) is 8.70. The molecule has 5 rings (SSSR count). The van der Waals surface area contributed by atoms with E-state index in [1.54, 1.807) is 0 Å². The minimum absolute atomic E-state index is 0.168. The van der Waals surface area contributed by atoms with Crippen LogP contribution < -0.4 is 5.32 Å². The van der Waals surface area contributed by atoms with Crippen molar-refractivity contribution in [1.29, 1.82) is 0 Å². The zero-order chi connectivity index (χ0) is 21.2. The molecule has 0 unspecified atom stereocenters.